The molecule has 2 bridgehead atoms. The number of nitrogens with zero attached hydrogens (tertiary/aromatic N) is 3. The summed E-state index contributed by atoms with van der Waals surface area (Å²) in [5.74, 6) is -0.0465. The van der Waals surface area contributed by atoms with Crippen LogP contribution >= 0.6 is 15.9 Å². The van der Waals surface area contributed by atoms with Crippen molar-refractivity contribution in [3.05, 3.63) is 63.5 Å². The van der Waals surface area contributed by atoms with Gasteiger partial charge >= 0.3 is 5.97 Å². The Bertz CT molecular complexity index is 1310. The highest BCUT2D eigenvalue weighted by Gasteiger charge is 2.43. The minimum absolute atomic E-state index is 0.0119. The van der Waals surface area contributed by atoms with Gasteiger partial charge in [-0.05, 0) is 72.7 Å². The van der Waals surface area contributed by atoms with Crippen molar-refractivity contribution in [3.63, 3.8) is 0 Å². The van der Waals surface area contributed by atoms with Crippen LogP contribution in [0.3, 0.4) is 0 Å². The number of fused-ring (bicyclic) bond motifs is 2. The van der Waals surface area contributed by atoms with Gasteiger partial charge in [0.05, 0.1) is 35.4 Å². The highest BCUT2D eigenvalue weighted by Crippen LogP contribution is 2.46. The SMILES string of the molecule is COC(=O)c1cnc(N2[C@@H]3CC[C@H]2C[C@H](OCc2c(-c4c(F)cccc4F)noc2C2CC2)C3)c(Br)c1. The third-order valence-electron chi connectivity index (χ3n) is 7.61. The molecule has 3 aromatic rings. The van der Waals surface area contributed by atoms with E-state index in [-0.39, 0.29) is 42.0 Å². The molecule has 2 aromatic heterocycles. The van der Waals surface area contributed by atoms with Crippen molar-refractivity contribution in [1.82, 2.24) is 10.1 Å². The first-order valence-corrected chi connectivity index (χ1v) is 13.3. The molecule has 1 aromatic carbocycles. The summed E-state index contributed by atoms with van der Waals surface area (Å²) in [4.78, 5) is 18.8. The molecule has 3 atom stereocenters. The van der Waals surface area contributed by atoms with Gasteiger partial charge in [0.1, 0.15) is 28.9 Å². The lowest BCUT2D eigenvalue weighted by Gasteiger charge is -2.40. The van der Waals surface area contributed by atoms with Crippen LogP contribution in [-0.4, -0.2) is 41.4 Å². The highest BCUT2D eigenvalue weighted by atomic mass is 79.9. The quantitative estimate of drug-likeness (QED) is 0.313. The molecule has 37 heavy (non-hydrogen) atoms. The molecule has 10 heteroatoms. The molecular formula is C27H26BrF2N3O4. The average molecular weight is 574 g/mol. The van der Waals surface area contributed by atoms with Crippen LogP contribution in [0, 0.1) is 11.6 Å². The van der Waals surface area contributed by atoms with Gasteiger partial charge in [0, 0.05) is 29.8 Å². The van der Waals surface area contributed by atoms with E-state index in [9.17, 15) is 13.6 Å². The number of rotatable bonds is 7. The fourth-order valence-electron chi connectivity index (χ4n) is 5.71. The van der Waals surface area contributed by atoms with E-state index in [2.05, 4.69) is 31.0 Å². The fraction of sp³-hybridized carbons (Fsp3) is 0.444. The zero-order valence-corrected chi connectivity index (χ0v) is 21.8. The number of halogens is 3. The zero-order valence-electron chi connectivity index (χ0n) is 20.3. The number of carbonyl (C=O) groups excluding carboxylic acids is 1. The van der Waals surface area contributed by atoms with Crippen LogP contribution in [0.2, 0.25) is 0 Å². The topological polar surface area (TPSA) is 77.7 Å². The van der Waals surface area contributed by atoms with Crippen LogP contribution < -0.4 is 4.90 Å². The smallest absolute Gasteiger partial charge is 0.339 e. The number of hydrogen-bond donors (Lipinski definition) is 0. The monoisotopic (exact) mass is 573 g/mol. The summed E-state index contributed by atoms with van der Waals surface area (Å²) in [5, 5.41) is 4.07. The molecule has 6 rings (SSSR count). The predicted molar refractivity (Wildman–Crippen MR) is 134 cm³/mol. The summed E-state index contributed by atoms with van der Waals surface area (Å²) in [6.07, 6.45) is 7.12. The Balaban J connectivity index is 1.19. The molecule has 1 aliphatic carbocycles. The second-order valence-corrected chi connectivity index (χ2v) is 10.8. The number of anilines is 1. The summed E-state index contributed by atoms with van der Waals surface area (Å²) < 4.78 is 46.7. The second kappa shape index (κ2) is 9.79. The molecule has 2 saturated heterocycles. The van der Waals surface area contributed by atoms with Gasteiger partial charge in [-0.25, -0.2) is 18.6 Å². The maximum Gasteiger partial charge on any atom is 0.339 e. The van der Waals surface area contributed by atoms with E-state index < -0.39 is 17.6 Å². The molecule has 194 valence electrons. The first kappa shape index (κ1) is 24.5. The molecule has 0 N–H and O–H groups in total. The number of piperidine rings is 1. The number of ether oxygens (including phenoxy) is 2. The summed E-state index contributed by atoms with van der Waals surface area (Å²) in [6, 6.07) is 6.02. The number of esters is 1. The Hall–Kier alpha value is -2.85. The van der Waals surface area contributed by atoms with Crippen LogP contribution in [0.15, 0.2) is 39.5 Å². The molecular weight excluding hydrogens is 548 g/mol. The first-order valence-electron chi connectivity index (χ1n) is 12.5. The Morgan fingerprint density at radius 2 is 1.86 bits per heavy atom. The van der Waals surface area contributed by atoms with Gasteiger partial charge in [-0.3, -0.25) is 0 Å². The van der Waals surface area contributed by atoms with Gasteiger partial charge in [-0.2, -0.15) is 0 Å². The zero-order chi connectivity index (χ0) is 25.7. The van der Waals surface area contributed by atoms with E-state index in [1.807, 2.05) is 0 Å². The van der Waals surface area contributed by atoms with E-state index in [0.717, 1.165) is 48.8 Å². The molecule has 1 saturated carbocycles. The summed E-state index contributed by atoms with van der Waals surface area (Å²) in [6.45, 7) is 0.193. The first-order chi connectivity index (χ1) is 17.9. The lowest BCUT2D eigenvalue weighted by Crippen LogP contribution is -2.46. The van der Waals surface area contributed by atoms with Crippen molar-refractivity contribution in [1.29, 1.82) is 0 Å². The molecule has 0 spiro atoms. The molecule has 4 heterocycles. The van der Waals surface area contributed by atoms with E-state index >= 15 is 0 Å². The van der Waals surface area contributed by atoms with Crippen molar-refractivity contribution in [2.45, 2.75) is 69.2 Å². The van der Waals surface area contributed by atoms with Crippen LogP contribution in [0.5, 0.6) is 0 Å². The molecule has 3 aliphatic rings. The lowest BCUT2D eigenvalue weighted by molar-refractivity contribution is 0.0145. The summed E-state index contributed by atoms with van der Waals surface area (Å²) >= 11 is 3.58. The number of carbonyl (C=O) groups is 1. The Morgan fingerprint density at radius 1 is 1.16 bits per heavy atom. The number of benzene rings is 1. The Kier molecular flexibility index (Phi) is 6.48. The van der Waals surface area contributed by atoms with Gasteiger partial charge in [-0.1, -0.05) is 11.2 Å². The van der Waals surface area contributed by atoms with Crippen molar-refractivity contribution >= 4 is 27.7 Å². The molecule has 2 aliphatic heterocycles. The maximum absolute atomic E-state index is 14.6. The third kappa shape index (κ3) is 4.54. The minimum Gasteiger partial charge on any atom is -0.465 e. The highest BCUT2D eigenvalue weighted by molar-refractivity contribution is 9.10. The second-order valence-electron chi connectivity index (χ2n) is 9.96. The van der Waals surface area contributed by atoms with E-state index in [1.54, 1.807) is 12.3 Å². The van der Waals surface area contributed by atoms with Gasteiger partial charge in [0.2, 0.25) is 0 Å². The standard InChI is InChI=1S/C27H26BrF2N3O4/c1-35-27(34)15-9-20(28)26(31-12-15)33-16-7-8-17(33)11-18(10-16)36-13-19-24(32-37-25(19)14-5-6-14)23-21(29)3-2-4-22(23)30/h2-4,9,12,14,16-18H,5-8,10-11,13H2,1H3/t16-,17+,18-. The summed E-state index contributed by atoms with van der Waals surface area (Å²) in [7, 11) is 1.35. The van der Waals surface area contributed by atoms with Crippen molar-refractivity contribution in [2.75, 3.05) is 12.0 Å². The summed E-state index contributed by atoms with van der Waals surface area (Å²) in [5.41, 5.74) is 1.06. The number of methoxy groups -OCH3 is 1. The number of pyridine rings is 1. The maximum atomic E-state index is 14.6. The van der Waals surface area contributed by atoms with Crippen molar-refractivity contribution in [3.8, 4) is 11.3 Å². The van der Waals surface area contributed by atoms with Crippen LogP contribution in [-0.2, 0) is 16.1 Å². The van der Waals surface area contributed by atoms with Gasteiger partial charge in [0.15, 0.2) is 0 Å². The van der Waals surface area contributed by atoms with E-state index in [4.69, 9.17) is 14.0 Å². The van der Waals surface area contributed by atoms with Crippen molar-refractivity contribution in [2.24, 2.45) is 0 Å². The Labute approximate surface area is 221 Å². The van der Waals surface area contributed by atoms with Gasteiger partial charge in [-0.15, -0.1) is 0 Å². The molecule has 3 fully saturated rings. The molecule has 0 amide bonds. The average Bonchev–Trinajstić information content (AvgIpc) is 3.60. The van der Waals surface area contributed by atoms with E-state index in [0.29, 0.717) is 16.9 Å². The molecule has 7 nitrogen and oxygen atoms in total. The van der Waals surface area contributed by atoms with E-state index in [1.165, 1.54) is 25.3 Å². The fourth-order valence-corrected chi connectivity index (χ4v) is 6.26. The molecule has 0 radical (unpaired) electrons. The molecule has 0 unspecified atom stereocenters. The van der Waals surface area contributed by atoms with Gasteiger partial charge in [0.25, 0.3) is 0 Å². The van der Waals surface area contributed by atoms with Gasteiger partial charge < -0.3 is 18.9 Å². The largest absolute Gasteiger partial charge is 0.465 e. The lowest BCUT2D eigenvalue weighted by atomic mass is 9.99. The number of hydrogen-bond acceptors (Lipinski definition) is 7. The third-order valence-corrected chi connectivity index (χ3v) is 8.19. The predicted octanol–water partition coefficient (Wildman–Crippen LogP) is 6.16. The number of aromatic nitrogens is 2. The minimum atomic E-state index is -0.667. The van der Waals surface area contributed by atoms with Crippen LogP contribution in [0.25, 0.3) is 11.3 Å². The van der Waals surface area contributed by atoms with Crippen LogP contribution in [0.1, 0.15) is 66.1 Å². The van der Waals surface area contributed by atoms with Crippen LogP contribution in [0.4, 0.5) is 14.6 Å². The Morgan fingerprint density at radius 3 is 2.49 bits per heavy atom. The normalized spacial score (nSPS) is 22.9. The van der Waals surface area contributed by atoms with Crippen molar-refractivity contribution < 1.29 is 27.6 Å².